The van der Waals surface area contributed by atoms with Crippen LogP contribution >= 0.6 is 0 Å². The second-order valence-corrected chi connectivity index (χ2v) is 8.33. The van der Waals surface area contributed by atoms with E-state index >= 15 is 0 Å². The SMILES string of the molecule is CCOc1cc(CNc2ccc(C)cc2)ccc1OS(=O)(=O)c1ccc(C)cc1. The lowest BCUT2D eigenvalue weighted by Gasteiger charge is -2.14. The molecule has 152 valence electrons. The molecule has 3 aromatic rings. The van der Waals surface area contributed by atoms with Gasteiger partial charge in [-0.2, -0.15) is 8.42 Å². The molecule has 0 aliphatic rings. The van der Waals surface area contributed by atoms with Crippen molar-refractivity contribution in [3.63, 3.8) is 0 Å². The maximum absolute atomic E-state index is 12.6. The Labute approximate surface area is 172 Å². The van der Waals surface area contributed by atoms with Crippen molar-refractivity contribution >= 4 is 15.8 Å². The largest absolute Gasteiger partial charge is 0.490 e. The van der Waals surface area contributed by atoms with Crippen molar-refractivity contribution in [2.75, 3.05) is 11.9 Å². The minimum Gasteiger partial charge on any atom is -0.490 e. The monoisotopic (exact) mass is 411 g/mol. The first-order valence-corrected chi connectivity index (χ1v) is 10.9. The van der Waals surface area contributed by atoms with E-state index in [2.05, 4.69) is 5.32 Å². The maximum Gasteiger partial charge on any atom is 0.339 e. The van der Waals surface area contributed by atoms with Crippen LogP contribution in [-0.2, 0) is 16.7 Å². The normalized spacial score (nSPS) is 11.1. The van der Waals surface area contributed by atoms with E-state index in [0.717, 1.165) is 16.8 Å². The van der Waals surface area contributed by atoms with E-state index in [1.165, 1.54) is 17.7 Å². The third-order valence-corrected chi connectivity index (χ3v) is 5.61. The van der Waals surface area contributed by atoms with Crippen LogP contribution in [0.5, 0.6) is 11.5 Å². The van der Waals surface area contributed by atoms with Crippen molar-refractivity contribution in [3.8, 4) is 11.5 Å². The molecule has 3 rings (SSSR count). The third-order valence-electron chi connectivity index (χ3n) is 4.37. The lowest BCUT2D eigenvalue weighted by Crippen LogP contribution is -2.11. The summed E-state index contributed by atoms with van der Waals surface area (Å²) in [5.41, 5.74) is 4.14. The molecule has 1 N–H and O–H groups in total. The molecule has 5 nitrogen and oxygen atoms in total. The van der Waals surface area contributed by atoms with Crippen LogP contribution in [0.3, 0.4) is 0 Å². The zero-order chi connectivity index (χ0) is 20.9. The van der Waals surface area contributed by atoms with E-state index in [0.29, 0.717) is 18.9 Å². The van der Waals surface area contributed by atoms with Gasteiger partial charge < -0.3 is 14.2 Å². The van der Waals surface area contributed by atoms with Crippen molar-refractivity contribution in [2.45, 2.75) is 32.2 Å². The zero-order valence-electron chi connectivity index (χ0n) is 16.8. The highest BCUT2D eigenvalue weighted by molar-refractivity contribution is 7.87. The number of hydrogen-bond acceptors (Lipinski definition) is 5. The van der Waals surface area contributed by atoms with Gasteiger partial charge in [-0.1, -0.05) is 41.5 Å². The Morgan fingerprint density at radius 3 is 2.07 bits per heavy atom. The highest BCUT2D eigenvalue weighted by atomic mass is 32.2. The fourth-order valence-electron chi connectivity index (χ4n) is 2.75. The van der Waals surface area contributed by atoms with Crippen molar-refractivity contribution < 1.29 is 17.3 Å². The van der Waals surface area contributed by atoms with Gasteiger partial charge in [0.1, 0.15) is 4.90 Å². The van der Waals surface area contributed by atoms with Gasteiger partial charge in [-0.3, -0.25) is 0 Å². The van der Waals surface area contributed by atoms with Gasteiger partial charge in [0.05, 0.1) is 6.61 Å². The molecule has 0 spiro atoms. The molecule has 29 heavy (non-hydrogen) atoms. The molecule has 0 radical (unpaired) electrons. The average Bonchev–Trinajstić information content (AvgIpc) is 2.70. The smallest absolute Gasteiger partial charge is 0.339 e. The molecule has 0 bridgehead atoms. The summed E-state index contributed by atoms with van der Waals surface area (Å²) in [5, 5.41) is 3.34. The van der Waals surface area contributed by atoms with Crippen molar-refractivity contribution in [3.05, 3.63) is 83.4 Å². The van der Waals surface area contributed by atoms with E-state index in [1.807, 2.05) is 51.1 Å². The number of anilines is 1. The Hall–Kier alpha value is -2.99. The van der Waals surface area contributed by atoms with Crippen LogP contribution in [-0.4, -0.2) is 15.0 Å². The van der Waals surface area contributed by atoms with Crippen LogP contribution < -0.4 is 14.2 Å². The van der Waals surface area contributed by atoms with Crippen LogP contribution in [0.25, 0.3) is 0 Å². The van der Waals surface area contributed by atoms with Gasteiger partial charge in [-0.15, -0.1) is 0 Å². The molecule has 0 aliphatic carbocycles. The Morgan fingerprint density at radius 2 is 1.45 bits per heavy atom. The molecule has 0 unspecified atom stereocenters. The van der Waals surface area contributed by atoms with Crippen molar-refractivity contribution in [1.29, 1.82) is 0 Å². The van der Waals surface area contributed by atoms with E-state index in [1.54, 1.807) is 24.3 Å². The van der Waals surface area contributed by atoms with Crippen LogP contribution in [0.1, 0.15) is 23.6 Å². The summed E-state index contributed by atoms with van der Waals surface area (Å²) in [6, 6.07) is 19.9. The highest BCUT2D eigenvalue weighted by Crippen LogP contribution is 2.31. The van der Waals surface area contributed by atoms with Gasteiger partial charge in [-0.25, -0.2) is 0 Å². The number of benzene rings is 3. The molecule has 0 saturated carbocycles. The van der Waals surface area contributed by atoms with Gasteiger partial charge in [0, 0.05) is 12.2 Å². The van der Waals surface area contributed by atoms with E-state index in [9.17, 15) is 8.42 Å². The van der Waals surface area contributed by atoms with Gasteiger partial charge in [-0.05, 0) is 62.7 Å². The molecule has 0 saturated heterocycles. The molecular weight excluding hydrogens is 386 g/mol. The zero-order valence-corrected chi connectivity index (χ0v) is 17.6. The van der Waals surface area contributed by atoms with Crippen LogP contribution in [0.15, 0.2) is 71.6 Å². The number of aryl methyl sites for hydroxylation is 2. The first kappa shape index (κ1) is 20.7. The summed E-state index contributed by atoms with van der Waals surface area (Å²) in [4.78, 5) is 0.107. The summed E-state index contributed by atoms with van der Waals surface area (Å²) in [6.07, 6.45) is 0. The maximum atomic E-state index is 12.6. The topological polar surface area (TPSA) is 64.6 Å². The van der Waals surface area contributed by atoms with Gasteiger partial charge in [0.15, 0.2) is 11.5 Å². The summed E-state index contributed by atoms with van der Waals surface area (Å²) >= 11 is 0. The predicted octanol–water partition coefficient (Wildman–Crippen LogP) is 5.08. The fraction of sp³-hybridized carbons (Fsp3) is 0.217. The second-order valence-electron chi connectivity index (χ2n) is 6.78. The summed E-state index contributed by atoms with van der Waals surface area (Å²) in [5.74, 6) is 0.568. The summed E-state index contributed by atoms with van der Waals surface area (Å²) in [7, 11) is -3.94. The molecular formula is C23H25NO4S. The van der Waals surface area contributed by atoms with E-state index < -0.39 is 10.1 Å². The van der Waals surface area contributed by atoms with Crippen molar-refractivity contribution in [1.82, 2.24) is 0 Å². The summed E-state index contributed by atoms with van der Waals surface area (Å²) < 4.78 is 36.2. The van der Waals surface area contributed by atoms with Gasteiger partial charge in [0.2, 0.25) is 0 Å². The minimum atomic E-state index is -3.94. The molecule has 3 aromatic carbocycles. The third kappa shape index (κ3) is 5.51. The Balaban J connectivity index is 1.78. The molecule has 0 aliphatic heterocycles. The number of hydrogen-bond donors (Lipinski definition) is 1. The fourth-order valence-corrected chi connectivity index (χ4v) is 3.69. The molecule has 0 heterocycles. The van der Waals surface area contributed by atoms with Gasteiger partial charge >= 0.3 is 10.1 Å². The predicted molar refractivity (Wildman–Crippen MR) is 115 cm³/mol. The van der Waals surface area contributed by atoms with Crippen LogP contribution in [0.4, 0.5) is 5.69 Å². The molecule has 6 heteroatoms. The average molecular weight is 412 g/mol. The minimum absolute atomic E-state index is 0.107. The van der Waals surface area contributed by atoms with Crippen LogP contribution in [0, 0.1) is 13.8 Å². The van der Waals surface area contributed by atoms with E-state index in [-0.39, 0.29) is 10.6 Å². The number of rotatable bonds is 8. The van der Waals surface area contributed by atoms with Crippen molar-refractivity contribution in [2.24, 2.45) is 0 Å². The second kappa shape index (κ2) is 9.01. The number of ether oxygens (including phenoxy) is 1. The quantitative estimate of drug-likeness (QED) is 0.524. The Morgan fingerprint density at radius 1 is 0.828 bits per heavy atom. The summed E-state index contributed by atoms with van der Waals surface area (Å²) in [6.45, 7) is 6.76. The van der Waals surface area contributed by atoms with E-state index in [4.69, 9.17) is 8.92 Å². The Bertz CT molecular complexity index is 1060. The number of nitrogens with one attached hydrogen (secondary N) is 1. The van der Waals surface area contributed by atoms with Crippen LogP contribution in [0.2, 0.25) is 0 Å². The molecule has 0 amide bonds. The lowest BCUT2D eigenvalue weighted by atomic mass is 10.2. The molecule has 0 fully saturated rings. The Kier molecular flexibility index (Phi) is 6.44. The molecule has 0 aromatic heterocycles. The first-order valence-electron chi connectivity index (χ1n) is 9.45. The molecule has 0 atom stereocenters. The highest BCUT2D eigenvalue weighted by Gasteiger charge is 2.19. The standard InChI is InChI=1S/C23H25NO4S/c1-4-27-23-15-19(16-24-20-10-5-17(2)6-11-20)9-14-22(23)28-29(25,26)21-12-7-18(3)8-13-21/h5-15,24H,4,16H2,1-3H3. The lowest BCUT2D eigenvalue weighted by molar-refractivity contribution is 0.327. The van der Waals surface area contributed by atoms with Gasteiger partial charge in [0.25, 0.3) is 0 Å². The first-order chi connectivity index (χ1) is 13.9.